The van der Waals surface area contributed by atoms with Crippen LogP contribution in [0.3, 0.4) is 0 Å². The molecule has 1 aliphatic rings. The fourth-order valence-corrected chi connectivity index (χ4v) is 3.59. The first kappa shape index (κ1) is 22.3. The number of nitrogens with zero attached hydrogens (tertiary/aromatic N) is 2. The van der Waals surface area contributed by atoms with E-state index in [1.165, 1.54) is 0 Å². The Balaban J connectivity index is 0.00000312. The van der Waals surface area contributed by atoms with E-state index < -0.39 is 5.97 Å². The van der Waals surface area contributed by atoms with Gasteiger partial charge in [-0.1, -0.05) is 30.1 Å². The zero-order valence-corrected chi connectivity index (χ0v) is 16.6. The topological polar surface area (TPSA) is 53.0 Å². The number of benzene rings is 1. The minimum atomic E-state index is -0.757. The van der Waals surface area contributed by atoms with E-state index in [4.69, 9.17) is 33.0 Å². The Morgan fingerprint density at radius 2 is 1.88 bits per heavy atom. The van der Waals surface area contributed by atoms with Crippen LogP contribution >= 0.6 is 35.6 Å². The van der Waals surface area contributed by atoms with Gasteiger partial charge in [-0.2, -0.15) is 0 Å². The zero-order chi connectivity index (χ0) is 17.5. The second kappa shape index (κ2) is 11.1. The number of carbonyl (C=O) groups is 1. The van der Waals surface area contributed by atoms with Crippen LogP contribution < -0.4 is 4.74 Å². The van der Waals surface area contributed by atoms with E-state index >= 15 is 0 Å². The molecule has 1 N–H and O–H groups in total. The summed E-state index contributed by atoms with van der Waals surface area (Å²) in [5.74, 6) is -0.0751. The number of rotatable bonds is 8. The number of ether oxygens (including phenoxy) is 1. The van der Waals surface area contributed by atoms with Crippen molar-refractivity contribution in [2.24, 2.45) is 0 Å². The summed E-state index contributed by atoms with van der Waals surface area (Å²) in [5, 5.41) is 10.1. The van der Waals surface area contributed by atoms with Gasteiger partial charge in [0.25, 0.3) is 0 Å². The van der Waals surface area contributed by atoms with Gasteiger partial charge >= 0.3 is 5.97 Å². The Kier molecular flexibility index (Phi) is 9.90. The highest BCUT2D eigenvalue weighted by atomic mass is 35.5. The summed E-state index contributed by atoms with van der Waals surface area (Å²) in [6.45, 7) is 6.24. The van der Waals surface area contributed by atoms with E-state index in [-0.39, 0.29) is 19.0 Å². The lowest BCUT2D eigenvalue weighted by molar-refractivity contribution is -0.139. The number of piperidine rings is 1. The first-order chi connectivity index (χ1) is 11.5. The molecule has 0 atom stereocenters. The van der Waals surface area contributed by atoms with Gasteiger partial charge in [-0.15, -0.1) is 12.4 Å². The van der Waals surface area contributed by atoms with Crippen molar-refractivity contribution in [3.63, 3.8) is 0 Å². The molecule has 0 aromatic heterocycles. The summed E-state index contributed by atoms with van der Waals surface area (Å²) in [6, 6.07) is 5.54. The average Bonchev–Trinajstić information content (AvgIpc) is 2.52. The van der Waals surface area contributed by atoms with E-state index in [0.717, 1.165) is 39.0 Å². The molecule has 0 saturated carbocycles. The van der Waals surface area contributed by atoms with Crippen LogP contribution in [0, 0.1) is 0 Å². The molecule has 2 rings (SSSR count). The molecule has 1 aromatic carbocycles. The Labute approximate surface area is 165 Å². The maximum Gasteiger partial charge on any atom is 0.317 e. The van der Waals surface area contributed by atoms with Crippen molar-refractivity contribution in [2.75, 3.05) is 39.3 Å². The predicted molar refractivity (Wildman–Crippen MR) is 104 cm³/mol. The maximum atomic E-state index is 10.9. The van der Waals surface area contributed by atoms with Gasteiger partial charge in [0.05, 0.1) is 6.54 Å². The van der Waals surface area contributed by atoms with E-state index in [2.05, 4.69) is 4.90 Å². The monoisotopic (exact) mass is 410 g/mol. The van der Waals surface area contributed by atoms with Gasteiger partial charge < -0.3 is 9.84 Å². The van der Waals surface area contributed by atoms with Crippen LogP contribution in [-0.4, -0.2) is 66.2 Å². The molecule has 5 nitrogen and oxygen atoms in total. The van der Waals surface area contributed by atoms with Crippen LogP contribution in [0.15, 0.2) is 18.2 Å². The van der Waals surface area contributed by atoms with Crippen molar-refractivity contribution in [3.8, 4) is 5.75 Å². The summed E-state index contributed by atoms with van der Waals surface area (Å²) in [6.07, 6.45) is 1.98. The normalized spacial score (nSPS) is 15.8. The van der Waals surface area contributed by atoms with Crippen molar-refractivity contribution < 1.29 is 14.6 Å². The van der Waals surface area contributed by atoms with Crippen LogP contribution in [0.25, 0.3) is 0 Å². The van der Waals surface area contributed by atoms with Crippen LogP contribution in [0.4, 0.5) is 0 Å². The lowest BCUT2D eigenvalue weighted by Crippen LogP contribution is -2.47. The number of likely N-dealkylation sites (tertiary alicyclic amines) is 1. The van der Waals surface area contributed by atoms with Gasteiger partial charge in [-0.25, -0.2) is 0 Å². The fraction of sp³-hybridized carbons (Fsp3) is 0.588. The fourth-order valence-electron chi connectivity index (χ4n) is 3.09. The molecule has 25 heavy (non-hydrogen) atoms. The number of halogens is 3. The Morgan fingerprint density at radius 3 is 2.40 bits per heavy atom. The highest BCUT2D eigenvalue weighted by Crippen LogP contribution is 2.24. The molecule has 0 radical (unpaired) electrons. The van der Waals surface area contributed by atoms with Gasteiger partial charge in [-0.3, -0.25) is 14.6 Å². The first-order valence-corrected chi connectivity index (χ1v) is 9.00. The summed E-state index contributed by atoms with van der Waals surface area (Å²) in [7, 11) is 0. The van der Waals surface area contributed by atoms with Crippen molar-refractivity contribution in [3.05, 3.63) is 28.2 Å². The van der Waals surface area contributed by atoms with Gasteiger partial charge in [0.2, 0.25) is 0 Å². The maximum absolute atomic E-state index is 10.9. The summed E-state index contributed by atoms with van der Waals surface area (Å²) >= 11 is 11.9. The third-order valence-corrected chi connectivity index (χ3v) is 4.77. The number of aliphatic carboxylic acids is 1. The molecule has 1 aromatic rings. The Bertz CT molecular complexity index is 532. The molecule has 0 aliphatic carbocycles. The lowest BCUT2D eigenvalue weighted by atomic mass is 10.0. The quantitative estimate of drug-likeness (QED) is 0.707. The van der Waals surface area contributed by atoms with Crippen LogP contribution in [0.1, 0.15) is 19.8 Å². The molecule has 1 saturated heterocycles. The van der Waals surface area contributed by atoms with E-state index in [1.807, 2.05) is 11.8 Å². The van der Waals surface area contributed by atoms with Gasteiger partial charge in [0.15, 0.2) is 0 Å². The molecule has 1 aliphatic heterocycles. The zero-order valence-electron chi connectivity index (χ0n) is 14.3. The molecule has 1 fully saturated rings. The Morgan fingerprint density at radius 1 is 1.28 bits per heavy atom. The standard InChI is InChI=1S/C17H24Cl2N2O3.ClH/c1-2-21(12-17(22)23)15-3-5-20(6-4-15)7-8-24-16-10-13(18)9-14(19)11-16;/h9-11,15H,2-8,12H2,1H3,(H,22,23);1H. The molecule has 142 valence electrons. The first-order valence-electron chi connectivity index (χ1n) is 8.25. The molecule has 8 heteroatoms. The molecule has 0 spiro atoms. The van der Waals surface area contributed by atoms with Crippen molar-refractivity contribution >= 4 is 41.6 Å². The molecular formula is C17H25Cl3N2O3. The average molecular weight is 412 g/mol. The predicted octanol–water partition coefficient (Wildman–Crippen LogP) is 3.66. The van der Waals surface area contributed by atoms with Crippen LogP contribution in [0.5, 0.6) is 5.75 Å². The van der Waals surface area contributed by atoms with Crippen molar-refractivity contribution in [2.45, 2.75) is 25.8 Å². The van der Waals surface area contributed by atoms with Crippen LogP contribution in [0.2, 0.25) is 10.0 Å². The Hall–Kier alpha value is -0.720. The van der Waals surface area contributed by atoms with Crippen LogP contribution in [-0.2, 0) is 4.79 Å². The summed E-state index contributed by atoms with van der Waals surface area (Å²) in [4.78, 5) is 15.3. The second-order valence-corrected chi connectivity index (χ2v) is 6.86. The highest BCUT2D eigenvalue weighted by molar-refractivity contribution is 6.34. The second-order valence-electron chi connectivity index (χ2n) is 5.98. The smallest absolute Gasteiger partial charge is 0.317 e. The lowest BCUT2D eigenvalue weighted by Gasteiger charge is -2.37. The van der Waals surface area contributed by atoms with Gasteiger partial charge in [-0.05, 0) is 50.7 Å². The third kappa shape index (κ3) is 7.59. The summed E-state index contributed by atoms with van der Waals surface area (Å²) < 4.78 is 5.72. The van der Waals surface area contributed by atoms with E-state index in [9.17, 15) is 4.79 Å². The van der Waals surface area contributed by atoms with Crippen molar-refractivity contribution in [1.29, 1.82) is 0 Å². The molecular weight excluding hydrogens is 387 g/mol. The van der Waals surface area contributed by atoms with Gasteiger partial charge in [0, 0.05) is 22.6 Å². The number of hydrogen-bond donors (Lipinski definition) is 1. The van der Waals surface area contributed by atoms with Crippen molar-refractivity contribution in [1.82, 2.24) is 9.80 Å². The van der Waals surface area contributed by atoms with E-state index in [0.29, 0.717) is 28.4 Å². The number of carboxylic acids is 1. The molecule has 0 amide bonds. The number of hydrogen-bond acceptors (Lipinski definition) is 4. The van der Waals surface area contributed by atoms with Gasteiger partial charge in [0.1, 0.15) is 12.4 Å². The minimum Gasteiger partial charge on any atom is -0.492 e. The molecule has 1 heterocycles. The number of carboxylic acid groups (broad SMARTS) is 1. The molecule has 0 unspecified atom stereocenters. The third-order valence-electron chi connectivity index (χ3n) is 4.33. The van der Waals surface area contributed by atoms with E-state index in [1.54, 1.807) is 18.2 Å². The largest absolute Gasteiger partial charge is 0.492 e. The minimum absolute atomic E-state index is 0. The highest BCUT2D eigenvalue weighted by Gasteiger charge is 2.24. The SMILES string of the molecule is CCN(CC(=O)O)C1CCN(CCOc2cc(Cl)cc(Cl)c2)CC1.Cl. The summed E-state index contributed by atoms with van der Waals surface area (Å²) in [5.41, 5.74) is 0. The molecule has 0 bridgehead atoms. The number of likely N-dealkylation sites (N-methyl/N-ethyl adjacent to an activating group) is 1.